The first-order chi connectivity index (χ1) is 15.7. The molecule has 4 rings (SSSR count). The number of fused-ring (bicyclic) bond motifs is 1. The van der Waals surface area contributed by atoms with E-state index in [4.69, 9.17) is 14.0 Å². The van der Waals surface area contributed by atoms with Gasteiger partial charge in [-0.1, -0.05) is 16.5 Å². The standard InChI is InChI=1S/C22H21N3O6S2/c1-12-16(13(2)31-25-12)11-30-18-8-5-14(9-19(18)29-3)21(26)24-22-23-17-7-6-15(33(4,27)28)10-20(17)32-22/h5-10H,11H2,1-4H3,(H,23,24,26). The summed E-state index contributed by atoms with van der Waals surface area (Å²) in [5.41, 5.74) is 2.56. The number of nitrogens with one attached hydrogen (secondary N) is 1. The van der Waals surface area contributed by atoms with E-state index >= 15 is 0 Å². The van der Waals surface area contributed by atoms with Crippen molar-refractivity contribution in [3.05, 3.63) is 59.0 Å². The summed E-state index contributed by atoms with van der Waals surface area (Å²) < 4.78 is 40.6. The Balaban J connectivity index is 1.51. The van der Waals surface area contributed by atoms with Crippen molar-refractivity contribution in [2.24, 2.45) is 0 Å². The van der Waals surface area contributed by atoms with Gasteiger partial charge >= 0.3 is 0 Å². The van der Waals surface area contributed by atoms with Crippen molar-refractivity contribution in [1.29, 1.82) is 0 Å². The minimum absolute atomic E-state index is 0.202. The summed E-state index contributed by atoms with van der Waals surface area (Å²) in [6, 6.07) is 9.51. The van der Waals surface area contributed by atoms with Gasteiger partial charge in [0.1, 0.15) is 12.4 Å². The number of aryl methyl sites for hydroxylation is 2. The molecular formula is C22H21N3O6S2. The predicted octanol–water partition coefficient (Wildman–Crippen LogP) is 4.14. The van der Waals surface area contributed by atoms with Crippen LogP contribution in [0.3, 0.4) is 0 Å². The maximum atomic E-state index is 12.8. The zero-order valence-electron chi connectivity index (χ0n) is 18.3. The van der Waals surface area contributed by atoms with Crippen LogP contribution >= 0.6 is 11.3 Å². The Morgan fingerprint density at radius 2 is 1.94 bits per heavy atom. The van der Waals surface area contributed by atoms with E-state index < -0.39 is 9.84 Å². The molecule has 9 nitrogen and oxygen atoms in total. The normalized spacial score (nSPS) is 11.5. The fourth-order valence-electron chi connectivity index (χ4n) is 3.14. The molecule has 1 N–H and O–H groups in total. The van der Waals surface area contributed by atoms with Gasteiger partial charge in [0.2, 0.25) is 0 Å². The second-order valence-corrected chi connectivity index (χ2v) is 10.4. The van der Waals surface area contributed by atoms with Gasteiger partial charge in [0.05, 0.1) is 33.5 Å². The fourth-order valence-corrected chi connectivity index (χ4v) is 4.77. The number of carbonyl (C=O) groups is 1. The summed E-state index contributed by atoms with van der Waals surface area (Å²) in [6.45, 7) is 3.90. The summed E-state index contributed by atoms with van der Waals surface area (Å²) in [5.74, 6) is 1.17. The van der Waals surface area contributed by atoms with Crippen LogP contribution in [0.15, 0.2) is 45.8 Å². The molecular weight excluding hydrogens is 466 g/mol. The number of nitrogens with zero attached hydrogens (tertiary/aromatic N) is 2. The molecule has 172 valence electrons. The van der Waals surface area contributed by atoms with E-state index in [1.165, 1.54) is 24.5 Å². The summed E-state index contributed by atoms with van der Waals surface area (Å²) >= 11 is 1.19. The highest BCUT2D eigenvalue weighted by molar-refractivity contribution is 7.90. The first-order valence-corrected chi connectivity index (χ1v) is 12.5. The van der Waals surface area contributed by atoms with Crippen molar-refractivity contribution in [2.75, 3.05) is 18.7 Å². The van der Waals surface area contributed by atoms with Crippen molar-refractivity contribution >= 4 is 42.4 Å². The van der Waals surface area contributed by atoms with E-state index in [2.05, 4.69) is 15.5 Å². The minimum Gasteiger partial charge on any atom is -0.493 e. The Morgan fingerprint density at radius 3 is 2.61 bits per heavy atom. The Morgan fingerprint density at radius 1 is 1.15 bits per heavy atom. The number of hydrogen-bond acceptors (Lipinski definition) is 9. The van der Waals surface area contributed by atoms with E-state index in [1.54, 1.807) is 30.3 Å². The molecule has 0 aliphatic carbocycles. The van der Waals surface area contributed by atoms with Gasteiger partial charge in [-0.05, 0) is 50.2 Å². The minimum atomic E-state index is -3.33. The Labute approximate surface area is 194 Å². The van der Waals surface area contributed by atoms with E-state index in [-0.39, 0.29) is 17.4 Å². The number of thiazole rings is 1. The number of sulfone groups is 1. The zero-order chi connectivity index (χ0) is 23.8. The van der Waals surface area contributed by atoms with Gasteiger partial charge in [0, 0.05) is 11.8 Å². The third-order valence-electron chi connectivity index (χ3n) is 4.99. The maximum Gasteiger partial charge on any atom is 0.257 e. The third kappa shape index (κ3) is 4.83. The summed E-state index contributed by atoms with van der Waals surface area (Å²) in [7, 11) is -1.84. The van der Waals surface area contributed by atoms with E-state index in [0.29, 0.717) is 38.2 Å². The SMILES string of the molecule is COc1cc(C(=O)Nc2nc3ccc(S(C)(=O)=O)cc3s2)ccc1OCc1c(C)noc1C. The van der Waals surface area contributed by atoms with Crippen molar-refractivity contribution in [3.63, 3.8) is 0 Å². The van der Waals surface area contributed by atoms with Crippen LogP contribution in [0.25, 0.3) is 10.2 Å². The molecule has 4 aromatic rings. The molecule has 0 fully saturated rings. The van der Waals surface area contributed by atoms with Gasteiger partial charge in [-0.25, -0.2) is 13.4 Å². The maximum absolute atomic E-state index is 12.8. The number of hydrogen-bond donors (Lipinski definition) is 1. The molecule has 0 saturated carbocycles. The van der Waals surface area contributed by atoms with E-state index in [9.17, 15) is 13.2 Å². The lowest BCUT2D eigenvalue weighted by Gasteiger charge is -2.12. The molecule has 0 atom stereocenters. The zero-order valence-corrected chi connectivity index (χ0v) is 20.0. The molecule has 0 aliphatic heterocycles. The lowest BCUT2D eigenvalue weighted by Crippen LogP contribution is -2.12. The van der Waals surface area contributed by atoms with Crippen LogP contribution in [0.1, 0.15) is 27.4 Å². The highest BCUT2D eigenvalue weighted by Gasteiger charge is 2.16. The van der Waals surface area contributed by atoms with Crippen LogP contribution in [0.5, 0.6) is 11.5 Å². The molecule has 11 heteroatoms. The molecule has 0 aliphatic rings. The lowest BCUT2D eigenvalue weighted by molar-refractivity contribution is 0.102. The summed E-state index contributed by atoms with van der Waals surface area (Å²) in [4.78, 5) is 17.3. The molecule has 0 spiro atoms. The van der Waals surface area contributed by atoms with Gasteiger partial charge < -0.3 is 14.0 Å². The van der Waals surface area contributed by atoms with Gasteiger partial charge in [0.25, 0.3) is 5.91 Å². The number of carbonyl (C=O) groups excluding carboxylic acids is 1. The number of anilines is 1. The first-order valence-electron chi connectivity index (χ1n) is 9.80. The predicted molar refractivity (Wildman–Crippen MR) is 124 cm³/mol. The van der Waals surface area contributed by atoms with Crippen LogP contribution < -0.4 is 14.8 Å². The number of rotatable bonds is 7. The average Bonchev–Trinajstić information content (AvgIpc) is 3.32. The van der Waals surface area contributed by atoms with Crippen LogP contribution in [0.4, 0.5) is 5.13 Å². The van der Waals surface area contributed by atoms with E-state index in [0.717, 1.165) is 17.5 Å². The molecule has 2 heterocycles. The number of ether oxygens (including phenoxy) is 2. The average molecular weight is 488 g/mol. The van der Waals surface area contributed by atoms with Crippen LogP contribution in [-0.2, 0) is 16.4 Å². The third-order valence-corrected chi connectivity index (χ3v) is 7.03. The highest BCUT2D eigenvalue weighted by Crippen LogP contribution is 2.31. The van der Waals surface area contributed by atoms with Crippen molar-refractivity contribution in [3.8, 4) is 11.5 Å². The smallest absolute Gasteiger partial charge is 0.257 e. The fraction of sp³-hybridized carbons (Fsp3) is 0.227. The quantitative estimate of drug-likeness (QED) is 0.413. The topological polar surface area (TPSA) is 121 Å². The molecule has 2 aromatic carbocycles. The number of aromatic nitrogens is 2. The molecule has 0 unspecified atom stereocenters. The van der Waals surface area contributed by atoms with Crippen LogP contribution in [-0.4, -0.2) is 37.8 Å². The van der Waals surface area contributed by atoms with Gasteiger partial charge in [-0.2, -0.15) is 0 Å². The molecule has 0 bridgehead atoms. The summed E-state index contributed by atoms with van der Waals surface area (Å²) in [5, 5.41) is 7.01. The Bertz CT molecular complexity index is 1440. The molecule has 33 heavy (non-hydrogen) atoms. The number of methoxy groups -OCH3 is 1. The second kappa shape index (κ2) is 8.83. The summed E-state index contributed by atoms with van der Waals surface area (Å²) in [6.07, 6.45) is 1.15. The Hall–Kier alpha value is -3.44. The molecule has 1 amide bonds. The Kier molecular flexibility index (Phi) is 6.09. The molecule has 0 saturated heterocycles. The lowest BCUT2D eigenvalue weighted by atomic mass is 10.2. The largest absolute Gasteiger partial charge is 0.493 e. The van der Waals surface area contributed by atoms with Crippen molar-refractivity contribution in [2.45, 2.75) is 25.3 Å². The van der Waals surface area contributed by atoms with Crippen LogP contribution in [0.2, 0.25) is 0 Å². The van der Waals surface area contributed by atoms with E-state index in [1.807, 2.05) is 13.8 Å². The number of amides is 1. The van der Waals surface area contributed by atoms with Gasteiger partial charge in [0.15, 0.2) is 26.5 Å². The monoisotopic (exact) mass is 487 g/mol. The molecule has 0 radical (unpaired) electrons. The van der Waals surface area contributed by atoms with Crippen molar-refractivity contribution < 1.29 is 27.2 Å². The van der Waals surface area contributed by atoms with Gasteiger partial charge in [-0.3, -0.25) is 10.1 Å². The van der Waals surface area contributed by atoms with Crippen LogP contribution in [0, 0.1) is 13.8 Å². The highest BCUT2D eigenvalue weighted by atomic mass is 32.2. The first kappa shape index (κ1) is 22.7. The van der Waals surface area contributed by atoms with Crippen molar-refractivity contribution in [1.82, 2.24) is 10.1 Å². The molecule has 2 aromatic heterocycles. The van der Waals surface area contributed by atoms with Gasteiger partial charge in [-0.15, -0.1) is 0 Å². The number of benzene rings is 2. The second-order valence-electron chi connectivity index (χ2n) is 7.33.